The second-order valence-corrected chi connectivity index (χ2v) is 6.21. The maximum absolute atomic E-state index is 11.6. The minimum Gasteiger partial charge on any atom is -0.481 e. The number of carbonyl (C=O) groups is 2. The number of nitrogens with one attached hydrogen (secondary N) is 1. The number of ether oxygens (including phenoxy) is 1. The molecule has 0 spiro atoms. The first-order valence-electron chi connectivity index (χ1n) is 5.95. The van der Waals surface area contributed by atoms with Crippen LogP contribution >= 0.6 is 0 Å². The summed E-state index contributed by atoms with van der Waals surface area (Å²) in [6.07, 6.45) is 1.45. The number of fused-ring (bicyclic) bond motifs is 1. The van der Waals surface area contributed by atoms with Crippen molar-refractivity contribution in [3.63, 3.8) is 0 Å². The van der Waals surface area contributed by atoms with Gasteiger partial charge in [0.15, 0.2) is 0 Å². The van der Waals surface area contributed by atoms with E-state index in [4.69, 9.17) is 9.84 Å². The highest BCUT2D eigenvalue weighted by molar-refractivity contribution is 5.78. The van der Waals surface area contributed by atoms with E-state index in [1.54, 1.807) is 20.8 Å². The molecule has 1 atom stereocenters. The van der Waals surface area contributed by atoms with E-state index in [-0.39, 0.29) is 6.04 Å². The average molecular weight is 241 g/mol. The molecule has 0 heterocycles. The lowest BCUT2D eigenvalue weighted by Gasteiger charge is -2.34. The fraction of sp³-hybridized carbons (Fsp3) is 0.833. The third-order valence-corrected chi connectivity index (χ3v) is 3.64. The van der Waals surface area contributed by atoms with Gasteiger partial charge in [-0.3, -0.25) is 4.79 Å². The monoisotopic (exact) mass is 241 g/mol. The first kappa shape index (κ1) is 12.2. The molecule has 3 aliphatic rings. The minimum absolute atomic E-state index is 0.0408. The Bertz CT molecular complexity index is 352. The molecule has 1 amide bonds. The van der Waals surface area contributed by atoms with Gasteiger partial charge in [-0.1, -0.05) is 0 Å². The van der Waals surface area contributed by atoms with Gasteiger partial charge in [0, 0.05) is 6.04 Å². The van der Waals surface area contributed by atoms with E-state index in [0.717, 1.165) is 0 Å². The Hall–Kier alpha value is -1.26. The van der Waals surface area contributed by atoms with E-state index in [2.05, 4.69) is 5.32 Å². The molecule has 5 heteroatoms. The van der Waals surface area contributed by atoms with Crippen LogP contribution in [0.25, 0.3) is 0 Å². The summed E-state index contributed by atoms with van der Waals surface area (Å²) < 4.78 is 5.16. The fourth-order valence-corrected chi connectivity index (χ4v) is 2.87. The molecule has 2 bridgehead atoms. The summed E-state index contributed by atoms with van der Waals surface area (Å²) >= 11 is 0. The number of carboxylic acids is 1. The Morgan fingerprint density at radius 2 is 1.88 bits per heavy atom. The molecule has 0 aromatic carbocycles. The van der Waals surface area contributed by atoms with Crippen LogP contribution < -0.4 is 5.32 Å². The van der Waals surface area contributed by atoms with Gasteiger partial charge in [0.2, 0.25) is 0 Å². The highest BCUT2D eigenvalue weighted by Crippen LogP contribution is 2.58. The van der Waals surface area contributed by atoms with Crippen molar-refractivity contribution in [3.8, 4) is 0 Å². The molecule has 3 aliphatic carbocycles. The fourth-order valence-electron chi connectivity index (χ4n) is 2.87. The highest BCUT2D eigenvalue weighted by atomic mass is 16.6. The zero-order valence-electron chi connectivity index (χ0n) is 10.4. The molecule has 0 aliphatic heterocycles. The molecule has 17 heavy (non-hydrogen) atoms. The molecule has 0 unspecified atom stereocenters. The maximum atomic E-state index is 11.6. The Kier molecular flexibility index (Phi) is 2.60. The van der Waals surface area contributed by atoms with Crippen molar-refractivity contribution in [3.05, 3.63) is 0 Å². The summed E-state index contributed by atoms with van der Waals surface area (Å²) in [7, 11) is 0. The zero-order chi connectivity index (χ0) is 12.8. The molecule has 0 aromatic rings. The normalized spacial score (nSPS) is 35.0. The van der Waals surface area contributed by atoms with Crippen LogP contribution in [0.5, 0.6) is 0 Å². The molecule has 96 valence electrons. The number of hydrogen-bond acceptors (Lipinski definition) is 3. The summed E-state index contributed by atoms with van der Waals surface area (Å²) in [5.74, 6) is -0.430. The van der Waals surface area contributed by atoms with Crippen LogP contribution in [0.4, 0.5) is 4.79 Å². The Labute approximate surface area is 101 Å². The molecule has 3 saturated carbocycles. The molecule has 3 rings (SSSR count). The van der Waals surface area contributed by atoms with Crippen molar-refractivity contribution < 1.29 is 19.4 Å². The van der Waals surface area contributed by atoms with Crippen LogP contribution in [0, 0.1) is 11.3 Å². The lowest BCUT2D eigenvalue weighted by Crippen LogP contribution is -2.41. The van der Waals surface area contributed by atoms with Gasteiger partial charge in [-0.05, 0) is 46.0 Å². The van der Waals surface area contributed by atoms with Gasteiger partial charge in [0.05, 0.1) is 5.41 Å². The maximum Gasteiger partial charge on any atom is 0.407 e. The largest absolute Gasteiger partial charge is 0.481 e. The Morgan fingerprint density at radius 3 is 2.29 bits per heavy atom. The quantitative estimate of drug-likeness (QED) is 0.772. The van der Waals surface area contributed by atoms with Crippen molar-refractivity contribution >= 4 is 12.1 Å². The van der Waals surface area contributed by atoms with Crippen LogP contribution in [0.15, 0.2) is 0 Å². The highest BCUT2D eigenvalue weighted by Gasteiger charge is 2.61. The number of hydrogen-bond donors (Lipinski definition) is 2. The summed E-state index contributed by atoms with van der Waals surface area (Å²) in [5.41, 5.74) is -1.10. The first-order chi connectivity index (χ1) is 7.72. The molecule has 0 aromatic heterocycles. The predicted molar refractivity (Wildman–Crippen MR) is 60.6 cm³/mol. The van der Waals surface area contributed by atoms with E-state index < -0.39 is 23.1 Å². The van der Waals surface area contributed by atoms with E-state index in [9.17, 15) is 9.59 Å². The number of carboxylic acid groups (broad SMARTS) is 1. The Balaban J connectivity index is 1.87. The minimum atomic E-state index is -0.734. The lowest BCUT2D eigenvalue weighted by atomic mass is 9.70. The smallest absolute Gasteiger partial charge is 0.407 e. The van der Waals surface area contributed by atoms with E-state index in [0.29, 0.717) is 25.2 Å². The first-order valence-corrected chi connectivity index (χ1v) is 5.95. The third-order valence-electron chi connectivity index (χ3n) is 3.64. The summed E-state index contributed by atoms with van der Waals surface area (Å²) in [6.45, 7) is 5.42. The number of alkyl carbamates (subject to hydrolysis) is 1. The van der Waals surface area contributed by atoms with Gasteiger partial charge in [-0.15, -0.1) is 0 Å². The number of carbonyl (C=O) groups excluding carboxylic acids is 1. The molecule has 5 nitrogen and oxygen atoms in total. The van der Waals surface area contributed by atoms with E-state index >= 15 is 0 Å². The van der Waals surface area contributed by atoms with Crippen LogP contribution in [0.3, 0.4) is 0 Å². The van der Waals surface area contributed by atoms with Crippen molar-refractivity contribution in [1.29, 1.82) is 0 Å². The SMILES string of the molecule is CC(C)(C)OC(=O)N[C@H]1CC2(C(=O)O)CC1C2. The molecule has 3 fully saturated rings. The van der Waals surface area contributed by atoms with Gasteiger partial charge in [0.1, 0.15) is 5.60 Å². The zero-order valence-corrected chi connectivity index (χ0v) is 10.4. The lowest BCUT2D eigenvalue weighted by molar-refractivity contribution is -0.153. The van der Waals surface area contributed by atoms with E-state index in [1.807, 2.05) is 0 Å². The van der Waals surface area contributed by atoms with Crippen LogP contribution in [-0.4, -0.2) is 28.8 Å². The second-order valence-electron chi connectivity index (χ2n) is 6.21. The third kappa shape index (κ3) is 2.23. The van der Waals surface area contributed by atoms with Crippen molar-refractivity contribution in [1.82, 2.24) is 5.32 Å². The van der Waals surface area contributed by atoms with Crippen molar-refractivity contribution in [2.24, 2.45) is 11.3 Å². The number of aliphatic carboxylic acids is 1. The van der Waals surface area contributed by atoms with Gasteiger partial charge in [0.25, 0.3) is 0 Å². The van der Waals surface area contributed by atoms with Crippen LogP contribution in [0.1, 0.15) is 40.0 Å². The van der Waals surface area contributed by atoms with Crippen LogP contribution in [-0.2, 0) is 9.53 Å². The predicted octanol–water partition coefficient (Wildman–Crippen LogP) is 1.76. The summed E-state index contributed by atoms with van der Waals surface area (Å²) in [4.78, 5) is 22.6. The second kappa shape index (κ2) is 3.62. The molecule has 0 radical (unpaired) electrons. The van der Waals surface area contributed by atoms with E-state index in [1.165, 1.54) is 0 Å². The van der Waals surface area contributed by atoms with Crippen molar-refractivity contribution in [2.75, 3.05) is 0 Å². The average Bonchev–Trinajstić information content (AvgIpc) is 2.52. The molecule has 2 N–H and O–H groups in total. The number of amides is 1. The summed E-state index contributed by atoms with van der Waals surface area (Å²) in [6, 6.07) is -0.0408. The molecular formula is C12H19NO4. The van der Waals surface area contributed by atoms with Crippen molar-refractivity contribution in [2.45, 2.75) is 51.7 Å². The topological polar surface area (TPSA) is 75.6 Å². The van der Waals surface area contributed by atoms with Crippen LogP contribution in [0.2, 0.25) is 0 Å². The van der Waals surface area contributed by atoms with Gasteiger partial charge >= 0.3 is 12.1 Å². The Morgan fingerprint density at radius 1 is 1.29 bits per heavy atom. The standard InChI is InChI=1S/C12H19NO4/c1-11(2,3)17-10(16)13-8-6-12(9(14)15)4-7(8)5-12/h7-8H,4-6H2,1-3H3,(H,13,16)(H,14,15)/t7?,8-,12?/m0/s1. The van der Waals surface area contributed by atoms with Gasteiger partial charge in [-0.2, -0.15) is 0 Å². The molecule has 0 saturated heterocycles. The number of rotatable bonds is 2. The van der Waals surface area contributed by atoms with Gasteiger partial charge < -0.3 is 15.2 Å². The molecular weight excluding hydrogens is 222 g/mol. The van der Waals surface area contributed by atoms with Gasteiger partial charge in [-0.25, -0.2) is 4.79 Å². The summed E-state index contributed by atoms with van der Waals surface area (Å²) in [5, 5.41) is 11.9.